The summed E-state index contributed by atoms with van der Waals surface area (Å²) in [4.78, 5) is 1.35. The third kappa shape index (κ3) is 5.66. The van der Waals surface area contributed by atoms with Crippen LogP contribution in [0.25, 0.3) is 0 Å². The van der Waals surface area contributed by atoms with Gasteiger partial charge in [-0.2, -0.15) is 0 Å². The summed E-state index contributed by atoms with van der Waals surface area (Å²) in [5.74, 6) is 0.564. The molecule has 1 N–H and O–H groups in total. The molecular weight excluding hydrogens is 254 g/mol. The Kier molecular flexibility index (Phi) is 6.16. The van der Waals surface area contributed by atoms with E-state index in [1.807, 2.05) is 13.1 Å². The van der Waals surface area contributed by atoms with Crippen LogP contribution in [-0.4, -0.2) is 33.0 Å². The summed E-state index contributed by atoms with van der Waals surface area (Å²) in [5, 5.41) is 5.33. The number of likely N-dealkylation sites (N-methyl/N-ethyl adjacent to an activating group) is 1. The minimum absolute atomic E-state index is 0.252. The van der Waals surface area contributed by atoms with Gasteiger partial charge in [0.2, 0.25) is 0 Å². The van der Waals surface area contributed by atoms with Crippen LogP contribution in [0.1, 0.15) is 24.6 Å². The monoisotopic (exact) mass is 275 g/mol. The molecular formula is C12H21NO2S2. The Morgan fingerprint density at radius 3 is 2.76 bits per heavy atom. The van der Waals surface area contributed by atoms with Crippen LogP contribution in [0.4, 0.5) is 0 Å². The van der Waals surface area contributed by atoms with Crippen molar-refractivity contribution in [2.45, 2.75) is 32.2 Å². The fourth-order valence-corrected chi connectivity index (χ4v) is 3.40. The zero-order chi connectivity index (χ0) is 12.7. The first-order valence-corrected chi connectivity index (χ1v) is 8.67. The molecule has 0 saturated carbocycles. The maximum absolute atomic E-state index is 11.4. The highest BCUT2D eigenvalue weighted by Crippen LogP contribution is 2.13. The van der Waals surface area contributed by atoms with E-state index in [9.17, 15) is 8.42 Å². The van der Waals surface area contributed by atoms with Crippen molar-refractivity contribution in [2.24, 2.45) is 0 Å². The topological polar surface area (TPSA) is 46.2 Å². The van der Waals surface area contributed by atoms with Crippen molar-refractivity contribution < 1.29 is 8.42 Å². The average Bonchev–Trinajstić information content (AvgIpc) is 2.80. The van der Waals surface area contributed by atoms with Crippen LogP contribution in [0.2, 0.25) is 0 Å². The number of sulfone groups is 1. The van der Waals surface area contributed by atoms with Crippen molar-refractivity contribution in [1.29, 1.82) is 0 Å². The van der Waals surface area contributed by atoms with Gasteiger partial charge >= 0.3 is 0 Å². The smallest absolute Gasteiger partial charge is 0.150 e. The summed E-state index contributed by atoms with van der Waals surface area (Å²) in [6.07, 6.45) is 2.64. The number of thiophene rings is 1. The van der Waals surface area contributed by atoms with Gasteiger partial charge < -0.3 is 5.32 Å². The molecule has 5 heteroatoms. The first-order valence-electron chi connectivity index (χ1n) is 5.97. The van der Waals surface area contributed by atoms with Gasteiger partial charge in [-0.15, -0.1) is 11.3 Å². The van der Waals surface area contributed by atoms with E-state index in [1.165, 1.54) is 4.88 Å². The molecule has 98 valence electrons. The van der Waals surface area contributed by atoms with Crippen LogP contribution in [-0.2, 0) is 16.3 Å². The summed E-state index contributed by atoms with van der Waals surface area (Å²) in [6.45, 7) is 1.70. The standard InChI is InChI=1S/C12H21NO2S2/c1-3-17(14,15)9-5-6-11(13-2)10-12-7-4-8-16-12/h4,7-8,11,13H,3,5-6,9-10H2,1-2H3. The summed E-state index contributed by atoms with van der Waals surface area (Å²) >= 11 is 1.75. The first-order chi connectivity index (χ1) is 8.07. The van der Waals surface area contributed by atoms with Gasteiger partial charge in [-0.1, -0.05) is 13.0 Å². The summed E-state index contributed by atoms with van der Waals surface area (Å²) in [5.41, 5.74) is 0. The highest BCUT2D eigenvalue weighted by molar-refractivity contribution is 7.91. The van der Waals surface area contributed by atoms with E-state index >= 15 is 0 Å². The van der Waals surface area contributed by atoms with Crippen LogP contribution in [0.15, 0.2) is 17.5 Å². The van der Waals surface area contributed by atoms with Crippen LogP contribution in [0.5, 0.6) is 0 Å². The fraction of sp³-hybridized carbons (Fsp3) is 0.667. The number of hydrogen-bond donors (Lipinski definition) is 1. The second-order valence-electron chi connectivity index (χ2n) is 4.15. The highest BCUT2D eigenvalue weighted by Gasteiger charge is 2.11. The van der Waals surface area contributed by atoms with Gasteiger partial charge in [0.25, 0.3) is 0 Å². The number of rotatable bonds is 8. The second kappa shape index (κ2) is 7.13. The molecule has 3 nitrogen and oxygen atoms in total. The Labute approximate surface area is 108 Å². The predicted molar refractivity (Wildman–Crippen MR) is 74.4 cm³/mol. The van der Waals surface area contributed by atoms with Crippen molar-refractivity contribution in [3.63, 3.8) is 0 Å². The lowest BCUT2D eigenvalue weighted by atomic mass is 10.1. The summed E-state index contributed by atoms with van der Waals surface area (Å²) in [7, 11) is -0.873. The molecule has 0 bridgehead atoms. The van der Waals surface area contributed by atoms with Gasteiger partial charge in [-0.05, 0) is 37.8 Å². The molecule has 0 radical (unpaired) electrons. The van der Waals surface area contributed by atoms with E-state index < -0.39 is 9.84 Å². The number of nitrogens with one attached hydrogen (secondary N) is 1. The third-order valence-electron chi connectivity index (χ3n) is 2.88. The second-order valence-corrected chi connectivity index (χ2v) is 7.65. The van der Waals surface area contributed by atoms with Crippen molar-refractivity contribution in [3.05, 3.63) is 22.4 Å². The Morgan fingerprint density at radius 2 is 2.24 bits per heavy atom. The maximum Gasteiger partial charge on any atom is 0.150 e. The van der Waals surface area contributed by atoms with Gasteiger partial charge in [-0.3, -0.25) is 0 Å². The molecule has 1 aromatic rings. The maximum atomic E-state index is 11.4. The summed E-state index contributed by atoms with van der Waals surface area (Å²) in [6, 6.07) is 4.55. The first kappa shape index (κ1) is 14.7. The molecule has 1 atom stereocenters. The zero-order valence-corrected chi connectivity index (χ0v) is 12.1. The van der Waals surface area contributed by atoms with E-state index in [-0.39, 0.29) is 5.75 Å². The van der Waals surface area contributed by atoms with E-state index in [1.54, 1.807) is 18.3 Å². The molecule has 1 aromatic heterocycles. The highest BCUT2D eigenvalue weighted by atomic mass is 32.2. The average molecular weight is 275 g/mol. The van der Waals surface area contributed by atoms with E-state index in [0.717, 1.165) is 19.3 Å². The van der Waals surface area contributed by atoms with Crippen molar-refractivity contribution >= 4 is 21.2 Å². The molecule has 17 heavy (non-hydrogen) atoms. The molecule has 1 heterocycles. The largest absolute Gasteiger partial charge is 0.317 e. The number of hydrogen-bond acceptors (Lipinski definition) is 4. The molecule has 0 aliphatic rings. The van der Waals surface area contributed by atoms with Gasteiger partial charge in [0, 0.05) is 16.7 Å². The quantitative estimate of drug-likeness (QED) is 0.790. The lowest BCUT2D eigenvalue weighted by Gasteiger charge is -2.14. The van der Waals surface area contributed by atoms with Crippen LogP contribution in [0, 0.1) is 0 Å². The lowest BCUT2D eigenvalue weighted by molar-refractivity contribution is 0.513. The Bertz CT molecular complexity index is 398. The van der Waals surface area contributed by atoms with Crippen molar-refractivity contribution in [2.75, 3.05) is 18.6 Å². The lowest BCUT2D eigenvalue weighted by Crippen LogP contribution is -2.28. The molecule has 1 unspecified atom stereocenters. The van der Waals surface area contributed by atoms with Crippen molar-refractivity contribution in [1.82, 2.24) is 5.32 Å². The fourth-order valence-electron chi connectivity index (χ4n) is 1.71. The van der Waals surface area contributed by atoms with E-state index in [2.05, 4.69) is 16.8 Å². The molecule has 0 amide bonds. The zero-order valence-electron chi connectivity index (χ0n) is 10.5. The van der Waals surface area contributed by atoms with Crippen molar-refractivity contribution in [3.8, 4) is 0 Å². The SMILES string of the molecule is CCS(=O)(=O)CCCC(Cc1cccs1)NC. The van der Waals surface area contributed by atoms with Crippen LogP contribution < -0.4 is 5.32 Å². The molecule has 0 spiro atoms. The van der Waals surface area contributed by atoms with Crippen LogP contribution in [0.3, 0.4) is 0 Å². The Hall–Kier alpha value is -0.390. The van der Waals surface area contributed by atoms with E-state index in [0.29, 0.717) is 11.8 Å². The Morgan fingerprint density at radius 1 is 1.47 bits per heavy atom. The minimum atomic E-state index is -2.81. The van der Waals surface area contributed by atoms with Gasteiger partial charge in [0.1, 0.15) is 9.84 Å². The normalized spacial score (nSPS) is 13.8. The molecule has 0 saturated heterocycles. The van der Waals surface area contributed by atoms with E-state index in [4.69, 9.17) is 0 Å². The molecule has 0 aromatic carbocycles. The molecule has 1 rings (SSSR count). The molecule has 0 fully saturated rings. The van der Waals surface area contributed by atoms with Gasteiger partial charge in [0.05, 0.1) is 5.75 Å². The van der Waals surface area contributed by atoms with Crippen LogP contribution >= 0.6 is 11.3 Å². The summed E-state index contributed by atoms with van der Waals surface area (Å²) < 4.78 is 22.7. The third-order valence-corrected chi connectivity index (χ3v) is 5.57. The van der Waals surface area contributed by atoms with Gasteiger partial charge in [0.15, 0.2) is 0 Å². The van der Waals surface area contributed by atoms with Gasteiger partial charge in [-0.25, -0.2) is 8.42 Å². The Balaban J connectivity index is 2.33. The molecule has 0 aliphatic carbocycles. The predicted octanol–water partition coefficient (Wildman–Crippen LogP) is 2.09. The minimum Gasteiger partial charge on any atom is -0.317 e. The molecule has 0 aliphatic heterocycles.